The molecule has 2 aliphatic heterocycles. The van der Waals surface area contributed by atoms with E-state index in [1.54, 1.807) is 55.1 Å². The molecular formula is C36H31N3O7S2. The number of ether oxygens (including phenoxy) is 2. The van der Waals surface area contributed by atoms with Crippen molar-refractivity contribution in [1.82, 2.24) is 4.98 Å². The Balaban J connectivity index is 1.07. The molecule has 3 fully saturated rings. The number of rotatable bonds is 8. The lowest BCUT2D eigenvalue weighted by Crippen LogP contribution is -2.42. The van der Waals surface area contributed by atoms with Gasteiger partial charge in [0.1, 0.15) is 5.75 Å². The first-order valence-electron chi connectivity index (χ1n) is 15.9. The van der Waals surface area contributed by atoms with E-state index in [-0.39, 0.29) is 70.6 Å². The average Bonchev–Trinajstić information content (AvgIpc) is 3.83. The highest BCUT2D eigenvalue weighted by molar-refractivity contribution is 8.00. The van der Waals surface area contributed by atoms with E-state index in [1.165, 1.54) is 16.2 Å². The Morgan fingerprint density at radius 3 is 2.38 bits per heavy atom. The topological polar surface area (TPSA) is 135 Å². The maximum absolute atomic E-state index is 14.0. The van der Waals surface area contributed by atoms with Gasteiger partial charge in [-0.3, -0.25) is 24.1 Å². The molecule has 2 aliphatic carbocycles. The van der Waals surface area contributed by atoms with Crippen molar-refractivity contribution in [3.8, 4) is 5.75 Å². The van der Waals surface area contributed by atoms with E-state index < -0.39 is 11.9 Å². The van der Waals surface area contributed by atoms with Crippen molar-refractivity contribution in [2.75, 3.05) is 23.4 Å². The number of fused-ring (bicyclic) bond motifs is 9. The fraction of sp³-hybridized carbons (Fsp3) is 0.306. The van der Waals surface area contributed by atoms with E-state index in [4.69, 9.17) is 9.47 Å². The number of H-pyrrole nitrogens is 1. The standard InChI is InChI=1S/C36H31N3O7S2/c1-2-45-35(43)18-12-14-19(15-13-18)37-25(40)17-46-24-11-7-6-10-21(24)26-27-22-16-23(30(27)47-32-31(26)48-36(44)38-32)29-28(22)33(41)39(34(29)42)20-8-4-3-5-9-20/h3-15,22-23,26-30H,2,16-17H2,1H3,(H,37,40)(H,38,44)/t22-,23-,26-,27?,28?,29?,30?/m1/s1. The smallest absolute Gasteiger partial charge is 0.338 e. The Morgan fingerprint density at radius 2 is 1.62 bits per heavy atom. The lowest BCUT2D eigenvalue weighted by Gasteiger charge is -2.43. The zero-order chi connectivity index (χ0) is 33.1. The van der Waals surface area contributed by atoms with E-state index in [9.17, 15) is 24.0 Å². The van der Waals surface area contributed by atoms with Crippen molar-refractivity contribution >= 4 is 58.2 Å². The second kappa shape index (κ2) is 12.1. The van der Waals surface area contributed by atoms with Crippen LogP contribution in [0.5, 0.6) is 5.75 Å². The van der Waals surface area contributed by atoms with Crippen LogP contribution in [0.25, 0.3) is 0 Å². The van der Waals surface area contributed by atoms with Gasteiger partial charge in [-0.15, -0.1) is 11.8 Å². The minimum atomic E-state index is -0.433. The Morgan fingerprint density at radius 1 is 0.917 bits per heavy atom. The van der Waals surface area contributed by atoms with Crippen molar-refractivity contribution in [3.63, 3.8) is 0 Å². The first-order valence-corrected chi connectivity index (χ1v) is 17.6. The van der Waals surface area contributed by atoms with Crippen LogP contribution in [0.15, 0.2) is 88.7 Å². The molecule has 1 aromatic heterocycles. The number of anilines is 2. The van der Waals surface area contributed by atoms with Gasteiger partial charge in [-0.2, -0.15) is 0 Å². The number of aromatic nitrogens is 1. The van der Waals surface area contributed by atoms with Gasteiger partial charge in [0.15, 0.2) is 6.61 Å². The van der Waals surface area contributed by atoms with Gasteiger partial charge in [-0.1, -0.05) is 47.7 Å². The Hall–Kier alpha value is -4.68. The van der Waals surface area contributed by atoms with Crippen LogP contribution in [0.1, 0.15) is 40.1 Å². The Labute approximate surface area is 283 Å². The third-order valence-electron chi connectivity index (χ3n) is 10.0. The van der Waals surface area contributed by atoms with Crippen LogP contribution in [0.2, 0.25) is 0 Å². The summed E-state index contributed by atoms with van der Waals surface area (Å²) in [4.78, 5) is 70.6. The van der Waals surface area contributed by atoms with Crippen molar-refractivity contribution in [1.29, 1.82) is 0 Å². The van der Waals surface area contributed by atoms with E-state index in [1.807, 2.05) is 42.5 Å². The van der Waals surface area contributed by atoms with E-state index in [2.05, 4.69) is 10.3 Å². The number of carbonyl (C=O) groups excluding carboxylic acids is 4. The maximum Gasteiger partial charge on any atom is 0.338 e. The SMILES string of the molecule is CCOC(=O)c1ccc(NC(=O)COc2ccccc2[C@H]2c3sc(=O)[nH]c3SC3C2[C@H]2C[C@@H]3C3C(=O)N(c4ccccc4)C(=O)C32)cc1. The number of benzene rings is 3. The number of hydrogen-bond donors (Lipinski definition) is 2. The number of hydrogen-bond acceptors (Lipinski definition) is 9. The van der Waals surface area contributed by atoms with Gasteiger partial charge < -0.3 is 19.8 Å². The molecular weight excluding hydrogens is 651 g/mol. The maximum atomic E-state index is 14.0. The summed E-state index contributed by atoms with van der Waals surface area (Å²) >= 11 is 2.80. The molecule has 2 bridgehead atoms. The molecule has 244 valence electrons. The summed E-state index contributed by atoms with van der Waals surface area (Å²) in [6.45, 7) is 1.74. The molecule has 10 nitrogen and oxygen atoms in total. The summed E-state index contributed by atoms with van der Waals surface area (Å²) in [5, 5.41) is 3.63. The molecule has 3 aromatic carbocycles. The van der Waals surface area contributed by atoms with Crippen LogP contribution in [0.4, 0.5) is 11.4 Å². The summed E-state index contributed by atoms with van der Waals surface area (Å²) in [5.74, 6) is -1.69. The second-order valence-corrected chi connectivity index (χ2v) is 14.7. The molecule has 48 heavy (non-hydrogen) atoms. The van der Waals surface area contributed by atoms with Crippen LogP contribution >= 0.6 is 23.1 Å². The molecule has 7 atom stereocenters. The first kappa shape index (κ1) is 30.6. The number of esters is 1. The van der Waals surface area contributed by atoms with Crippen LogP contribution in [-0.2, 0) is 19.1 Å². The number of aromatic amines is 1. The monoisotopic (exact) mass is 681 g/mol. The van der Waals surface area contributed by atoms with E-state index >= 15 is 0 Å². The second-order valence-electron chi connectivity index (χ2n) is 12.5. The van der Waals surface area contributed by atoms with Crippen LogP contribution in [-0.4, -0.2) is 47.1 Å². The van der Waals surface area contributed by atoms with Crippen molar-refractivity contribution < 1.29 is 28.7 Å². The number of nitrogens with one attached hydrogen (secondary N) is 2. The normalized spacial score (nSPS) is 26.5. The minimum absolute atomic E-state index is 0.00621. The van der Waals surface area contributed by atoms with E-state index in [0.29, 0.717) is 22.7 Å². The largest absolute Gasteiger partial charge is 0.483 e. The Kier molecular flexibility index (Phi) is 7.72. The number of amides is 3. The van der Waals surface area contributed by atoms with Gasteiger partial charge in [0.25, 0.3) is 5.91 Å². The third-order valence-corrected chi connectivity index (χ3v) is 12.6. The first-order chi connectivity index (χ1) is 23.3. The van der Waals surface area contributed by atoms with Crippen LogP contribution < -0.4 is 19.8 Å². The summed E-state index contributed by atoms with van der Waals surface area (Å²) in [5.41, 5.74) is 2.34. The Bertz CT molecular complexity index is 1990. The fourth-order valence-electron chi connectivity index (χ4n) is 8.31. The molecule has 0 radical (unpaired) electrons. The van der Waals surface area contributed by atoms with E-state index in [0.717, 1.165) is 21.9 Å². The van der Waals surface area contributed by atoms with Crippen molar-refractivity contribution in [2.45, 2.75) is 29.5 Å². The van der Waals surface area contributed by atoms with Crippen LogP contribution in [0, 0.1) is 29.6 Å². The molecule has 8 rings (SSSR count). The molecule has 4 unspecified atom stereocenters. The molecule has 3 amide bonds. The summed E-state index contributed by atoms with van der Waals surface area (Å²) < 4.78 is 11.2. The van der Waals surface area contributed by atoms with Crippen LogP contribution in [0.3, 0.4) is 0 Å². The fourth-order valence-corrected chi connectivity index (χ4v) is 11.2. The zero-order valence-electron chi connectivity index (χ0n) is 25.8. The number of nitrogens with zero attached hydrogens (tertiary/aromatic N) is 1. The van der Waals surface area contributed by atoms with Gasteiger partial charge in [-0.25, -0.2) is 4.79 Å². The highest BCUT2D eigenvalue weighted by Crippen LogP contribution is 2.69. The number of thioether (sulfide) groups is 1. The quantitative estimate of drug-likeness (QED) is 0.189. The summed E-state index contributed by atoms with van der Waals surface area (Å²) in [7, 11) is 0. The molecule has 2 saturated carbocycles. The number of carbonyl (C=O) groups is 4. The highest BCUT2D eigenvalue weighted by Gasteiger charge is 2.69. The zero-order valence-corrected chi connectivity index (χ0v) is 27.4. The van der Waals surface area contributed by atoms with Gasteiger partial charge in [0.05, 0.1) is 34.7 Å². The average molecular weight is 682 g/mol. The van der Waals surface area contributed by atoms with Crippen molar-refractivity contribution in [3.05, 3.63) is 105 Å². The lowest BCUT2D eigenvalue weighted by atomic mass is 9.68. The molecule has 0 spiro atoms. The molecule has 1 saturated heterocycles. The number of para-hydroxylation sites is 2. The minimum Gasteiger partial charge on any atom is -0.483 e. The molecule has 12 heteroatoms. The lowest BCUT2D eigenvalue weighted by molar-refractivity contribution is -0.123. The van der Waals surface area contributed by atoms with Gasteiger partial charge in [0, 0.05) is 27.3 Å². The molecule has 4 aromatic rings. The summed E-state index contributed by atoms with van der Waals surface area (Å²) in [6, 6.07) is 23.1. The number of thiazole rings is 1. The molecule has 4 aliphatic rings. The molecule has 3 heterocycles. The summed E-state index contributed by atoms with van der Waals surface area (Å²) in [6.07, 6.45) is 0.772. The van der Waals surface area contributed by atoms with Gasteiger partial charge in [-0.05, 0) is 73.6 Å². The van der Waals surface area contributed by atoms with Gasteiger partial charge in [0.2, 0.25) is 11.8 Å². The number of imide groups is 1. The predicted molar refractivity (Wildman–Crippen MR) is 180 cm³/mol. The van der Waals surface area contributed by atoms with Gasteiger partial charge >= 0.3 is 10.8 Å². The predicted octanol–water partition coefficient (Wildman–Crippen LogP) is 5.31. The highest BCUT2D eigenvalue weighted by atomic mass is 32.2. The third kappa shape index (κ3) is 4.96. The molecule has 2 N–H and O–H groups in total. The van der Waals surface area contributed by atoms with Crippen molar-refractivity contribution in [2.24, 2.45) is 29.6 Å².